The molecular formula is C21H38N4O3. The Morgan fingerprint density at radius 1 is 1.04 bits per heavy atom. The van der Waals surface area contributed by atoms with Crippen molar-refractivity contribution in [1.29, 1.82) is 0 Å². The number of nitrogens with zero attached hydrogens (tertiary/aromatic N) is 4. The zero-order valence-corrected chi connectivity index (χ0v) is 18.1. The van der Waals surface area contributed by atoms with Crippen LogP contribution in [0.5, 0.6) is 0 Å². The fourth-order valence-corrected chi connectivity index (χ4v) is 4.74. The summed E-state index contributed by atoms with van der Waals surface area (Å²) < 4.78 is 5.79. The van der Waals surface area contributed by atoms with Crippen molar-refractivity contribution < 1.29 is 14.3 Å². The van der Waals surface area contributed by atoms with Crippen LogP contribution in [0.15, 0.2) is 0 Å². The number of carbonyl (C=O) groups is 2. The summed E-state index contributed by atoms with van der Waals surface area (Å²) in [5.41, 5.74) is 0. The first kappa shape index (κ1) is 21.5. The van der Waals surface area contributed by atoms with Gasteiger partial charge in [-0.05, 0) is 38.1 Å². The van der Waals surface area contributed by atoms with E-state index in [4.69, 9.17) is 4.74 Å². The number of likely N-dealkylation sites (tertiary alicyclic amines) is 1. The van der Waals surface area contributed by atoms with E-state index in [0.717, 1.165) is 58.5 Å². The maximum absolute atomic E-state index is 13.0. The third-order valence-electron chi connectivity index (χ3n) is 6.90. The van der Waals surface area contributed by atoms with Crippen LogP contribution >= 0.6 is 0 Å². The first-order valence-corrected chi connectivity index (χ1v) is 10.9. The van der Waals surface area contributed by atoms with E-state index < -0.39 is 0 Å². The van der Waals surface area contributed by atoms with Crippen LogP contribution in [0.3, 0.4) is 0 Å². The maximum Gasteiger partial charge on any atom is 0.251 e. The van der Waals surface area contributed by atoms with E-state index in [1.807, 2.05) is 16.8 Å². The number of likely N-dealkylation sites (N-methyl/N-ethyl adjacent to an activating group) is 2. The van der Waals surface area contributed by atoms with Gasteiger partial charge < -0.3 is 19.4 Å². The normalized spacial score (nSPS) is 28.1. The molecule has 2 atom stereocenters. The van der Waals surface area contributed by atoms with Crippen molar-refractivity contribution in [2.24, 2.45) is 11.8 Å². The van der Waals surface area contributed by atoms with Crippen LogP contribution in [0.2, 0.25) is 0 Å². The molecule has 3 rings (SSSR count). The Balaban J connectivity index is 1.44. The van der Waals surface area contributed by atoms with Crippen molar-refractivity contribution in [3.05, 3.63) is 0 Å². The Labute approximate surface area is 169 Å². The molecule has 0 radical (unpaired) electrons. The Bertz CT molecular complexity index is 540. The number of piperazine rings is 1. The molecule has 0 aromatic carbocycles. The number of piperidine rings is 1. The Kier molecular flexibility index (Phi) is 7.34. The average molecular weight is 395 g/mol. The van der Waals surface area contributed by atoms with Crippen molar-refractivity contribution in [1.82, 2.24) is 19.6 Å². The maximum atomic E-state index is 13.0. The fourth-order valence-electron chi connectivity index (χ4n) is 4.74. The summed E-state index contributed by atoms with van der Waals surface area (Å²) in [7, 11) is 4.03. The topological polar surface area (TPSA) is 56.3 Å². The molecule has 3 fully saturated rings. The van der Waals surface area contributed by atoms with Crippen LogP contribution in [0, 0.1) is 11.8 Å². The molecule has 7 nitrogen and oxygen atoms in total. The molecule has 0 spiro atoms. The van der Waals surface area contributed by atoms with Crippen LogP contribution < -0.4 is 0 Å². The third kappa shape index (κ3) is 5.05. The summed E-state index contributed by atoms with van der Waals surface area (Å²) in [6.07, 6.45) is 2.56. The van der Waals surface area contributed by atoms with Gasteiger partial charge in [-0.3, -0.25) is 14.5 Å². The Morgan fingerprint density at radius 3 is 2.29 bits per heavy atom. The molecule has 28 heavy (non-hydrogen) atoms. The van der Waals surface area contributed by atoms with Gasteiger partial charge in [-0.25, -0.2) is 0 Å². The molecule has 3 aliphatic heterocycles. The first-order valence-electron chi connectivity index (χ1n) is 10.9. The molecule has 160 valence electrons. The van der Waals surface area contributed by atoms with Gasteiger partial charge in [0.1, 0.15) is 6.10 Å². The highest BCUT2D eigenvalue weighted by Gasteiger charge is 2.39. The summed E-state index contributed by atoms with van der Waals surface area (Å²) in [6.45, 7) is 10.9. The smallest absolute Gasteiger partial charge is 0.251 e. The molecule has 0 N–H and O–H groups in total. The minimum Gasteiger partial charge on any atom is -0.368 e. The minimum absolute atomic E-state index is 0.142. The fraction of sp³-hybridized carbons (Fsp3) is 0.905. The number of hydrogen-bond acceptors (Lipinski definition) is 5. The van der Waals surface area contributed by atoms with Crippen molar-refractivity contribution in [3.8, 4) is 0 Å². The van der Waals surface area contributed by atoms with Crippen molar-refractivity contribution in [3.63, 3.8) is 0 Å². The predicted octanol–water partition coefficient (Wildman–Crippen LogP) is 0.744. The van der Waals surface area contributed by atoms with E-state index in [-0.39, 0.29) is 24.0 Å². The minimum atomic E-state index is -0.276. The van der Waals surface area contributed by atoms with Gasteiger partial charge in [0.2, 0.25) is 5.91 Å². The monoisotopic (exact) mass is 394 g/mol. The van der Waals surface area contributed by atoms with E-state index in [9.17, 15) is 9.59 Å². The zero-order valence-electron chi connectivity index (χ0n) is 18.1. The SMILES string of the molecule is CC(C)[C@@H]1CCO[C@@H]1C(=O)N(C)C1CCN(CC(=O)N2CCN(C)CC2)CC1. The second-order valence-electron chi connectivity index (χ2n) is 9.13. The molecule has 0 unspecified atom stereocenters. The number of rotatable bonds is 5. The number of ether oxygens (including phenoxy) is 1. The Hall–Kier alpha value is -1.18. The Morgan fingerprint density at radius 2 is 1.68 bits per heavy atom. The molecule has 0 aliphatic carbocycles. The highest BCUT2D eigenvalue weighted by Crippen LogP contribution is 2.30. The first-order chi connectivity index (χ1) is 13.4. The number of amides is 2. The molecule has 0 aromatic heterocycles. The average Bonchev–Trinajstić information content (AvgIpc) is 3.18. The van der Waals surface area contributed by atoms with Crippen LogP contribution in [0.1, 0.15) is 33.1 Å². The van der Waals surface area contributed by atoms with E-state index in [2.05, 4.69) is 30.7 Å². The van der Waals surface area contributed by atoms with Crippen LogP contribution in [-0.2, 0) is 14.3 Å². The van der Waals surface area contributed by atoms with Gasteiger partial charge in [0.15, 0.2) is 0 Å². The van der Waals surface area contributed by atoms with Gasteiger partial charge in [-0.15, -0.1) is 0 Å². The lowest BCUT2D eigenvalue weighted by molar-refractivity contribution is -0.145. The van der Waals surface area contributed by atoms with Gasteiger partial charge in [0, 0.05) is 59.0 Å². The molecule has 3 heterocycles. The van der Waals surface area contributed by atoms with E-state index in [1.54, 1.807) is 0 Å². The summed E-state index contributed by atoms with van der Waals surface area (Å²) in [5, 5.41) is 0. The highest BCUT2D eigenvalue weighted by molar-refractivity contribution is 5.81. The van der Waals surface area contributed by atoms with Crippen molar-refractivity contribution >= 4 is 11.8 Å². The molecule has 2 amide bonds. The van der Waals surface area contributed by atoms with Crippen LogP contribution in [0.4, 0.5) is 0 Å². The van der Waals surface area contributed by atoms with Crippen LogP contribution in [0.25, 0.3) is 0 Å². The van der Waals surface area contributed by atoms with Gasteiger partial charge in [-0.1, -0.05) is 13.8 Å². The van der Waals surface area contributed by atoms with E-state index >= 15 is 0 Å². The van der Waals surface area contributed by atoms with Gasteiger partial charge in [0.05, 0.1) is 6.54 Å². The summed E-state index contributed by atoms with van der Waals surface area (Å²) >= 11 is 0. The molecule has 0 bridgehead atoms. The standard InChI is InChI=1S/C21H38N4O3/c1-16(2)18-7-14-28-20(18)21(27)23(4)17-5-8-24(9-6-17)15-19(26)25-12-10-22(3)11-13-25/h16-18,20H,5-15H2,1-4H3/t18-,20-/m0/s1. The zero-order chi connectivity index (χ0) is 20.3. The second kappa shape index (κ2) is 9.55. The van der Waals surface area contributed by atoms with Gasteiger partial charge in [0.25, 0.3) is 5.91 Å². The van der Waals surface area contributed by atoms with Crippen molar-refractivity contribution in [2.45, 2.75) is 45.3 Å². The summed E-state index contributed by atoms with van der Waals surface area (Å²) in [6, 6.07) is 0.250. The molecule has 3 aliphatic rings. The lowest BCUT2D eigenvalue weighted by Gasteiger charge is -2.39. The number of hydrogen-bond donors (Lipinski definition) is 0. The predicted molar refractivity (Wildman–Crippen MR) is 109 cm³/mol. The van der Waals surface area contributed by atoms with E-state index in [1.165, 1.54) is 0 Å². The molecule has 0 aromatic rings. The lowest BCUT2D eigenvalue weighted by atomic mass is 9.88. The van der Waals surface area contributed by atoms with E-state index in [0.29, 0.717) is 25.0 Å². The summed E-state index contributed by atoms with van der Waals surface area (Å²) in [4.78, 5) is 34.0. The largest absolute Gasteiger partial charge is 0.368 e. The molecule has 7 heteroatoms. The molecule has 3 saturated heterocycles. The third-order valence-corrected chi connectivity index (χ3v) is 6.90. The highest BCUT2D eigenvalue weighted by atomic mass is 16.5. The molecule has 0 saturated carbocycles. The second-order valence-corrected chi connectivity index (χ2v) is 9.13. The van der Waals surface area contributed by atoms with Crippen molar-refractivity contribution in [2.75, 3.05) is 66.5 Å². The quantitative estimate of drug-likeness (QED) is 0.689. The lowest BCUT2D eigenvalue weighted by Crippen LogP contribution is -2.53. The van der Waals surface area contributed by atoms with Crippen LogP contribution in [-0.4, -0.2) is 110 Å². The summed E-state index contributed by atoms with van der Waals surface area (Å²) in [5.74, 6) is 1.18. The van der Waals surface area contributed by atoms with Gasteiger partial charge in [-0.2, -0.15) is 0 Å². The number of carbonyl (C=O) groups excluding carboxylic acids is 2. The molecular weight excluding hydrogens is 356 g/mol. The van der Waals surface area contributed by atoms with Gasteiger partial charge >= 0.3 is 0 Å².